The molecule has 2 unspecified atom stereocenters. The molecule has 1 aromatic carbocycles. The molecule has 1 saturated carbocycles. The number of ether oxygens (including phenoxy) is 1. The lowest BCUT2D eigenvalue weighted by Crippen LogP contribution is -2.50. The molecule has 0 bridgehead atoms. The number of carbonyl (C=O) groups is 2. The predicted octanol–water partition coefficient (Wildman–Crippen LogP) is 2.13. The summed E-state index contributed by atoms with van der Waals surface area (Å²) < 4.78 is 5.50. The smallest absolute Gasteiger partial charge is 0.410 e. The second kappa shape index (κ2) is 7.87. The summed E-state index contributed by atoms with van der Waals surface area (Å²) in [5.74, 6) is -0.0316. The largest absolute Gasteiger partial charge is 0.445 e. The summed E-state index contributed by atoms with van der Waals surface area (Å²) in [6, 6.07) is 9.46. The normalized spacial score (nSPS) is 21.0. The van der Waals surface area contributed by atoms with Crippen molar-refractivity contribution in [3.05, 3.63) is 35.9 Å². The highest BCUT2D eigenvalue weighted by Gasteiger charge is 2.38. The van der Waals surface area contributed by atoms with Crippen molar-refractivity contribution >= 4 is 12.0 Å². The van der Waals surface area contributed by atoms with Crippen molar-refractivity contribution in [2.75, 3.05) is 13.1 Å². The van der Waals surface area contributed by atoms with Crippen LogP contribution in [-0.4, -0.2) is 53.0 Å². The van der Waals surface area contributed by atoms with Gasteiger partial charge in [-0.05, 0) is 38.2 Å². The van der Waals surface area contributed by atoms with Crippen LogP contribution in [0.1, 0.15) is 38.2 Å². The number of rotatable bonds is 6. The fourth-order valence-electron chi connectivity index (χ4n) is 3.37. The van der Waals surface area contributed by atoms with Gasteiger partial charge in [0, 0.05) is 25.2 Å². The number of likely N-dealkylation sites (tertiary alicyclic amines) is 1. The fourth-order valence-corrected chi connectivity index (χ4v) is 3.37. The summed E-state index contributed by atoms with van der Waals surface area (Å²) in [7, 11) is 0. The first-order valence-electron chi connectivity index (χ1n) is 9.09. The zero-order chi connectivity index (χ0) is 17.8. The van der Waals surface area contributed by atoms with Crippen LogP contribution in [0.5, 0.6) is 0 Å². The first-order chi connectivity index (χ1) is 12.1. The molecular weight excluding hydrogens is 318 g/mol. The standard InChI is InChI=1S/C19H27N3O3/c1-14(20)18(23)21-11-5-8-17(21)12-22(16-9-10-16)19(24)25-13-15-6-3-2-4-7-15/h2-4,6-7,14,16-17H,5,8-13,20H2,1H3. The summed E-state index contributed by atoms with van der Waals surface area (Å²) in [5.41, 5.74) is 6.73. The van der Waals surface area contributed by atoms with E-state index < -0.39 is 6.04 Å². The summed E-state index contributed by atoms with van der Waals surface area (Å²) in [6.07, 6.45) is 3.60. The van der Waals surface area contributed by atoms with E-state index in [1.807, 2.05) is 35.2 Å². The molecule has 3 rings (SSSR count). The number of carbonyl (C=O) groups excluding carboxylic acids is 2. The van der Waals surface area contributed by atoms with Gasteiger partial charge in [-0.15, -0.1) is 0 Å². The second-order valence-electron chi connectivity index (χ2n) is 7.04. The van der Waals surface area contributed by atoms with Crippen LogP contribution in [0, 0.1) is 0 Å². The fraction of sp³-hybridized carbons (Fsp3) is 0.579. The van der Waals surface area contributed by atoms with E-state index >= 15 is 0 Å². The maximum Gasteiger partial charge on any atom is 0.410 e. The molecule has 2 atom stereocenters. The molecule has 0 spiro atoms. The molecule has 0 aromatic heterocycles. The molecule has 2 fully saturated rings. The highest BCUT2D eigenvalue weighted by molar-refractivity contribution is 5.81. The van der Waals surface area contributed by atoms with E-state index in [0.29, 0.717) is 6.54 Å². The highest BCUT2D eigenvalue weighted by Crippen LogP contribution is 2.30. The van der Waals surface area contributed by atoms with E-state index in [1.54, 1.807) is 11.8 Å². The van der Waals surface area contributed by atoms with Crippen LogP contribution in [0.3, 0.4) is 0 Å². The number of amides is 2. The molecular formula is C19H27N3O3. The van der Waals surface area contributed by atoms with Crippen LogP contribution in [0.25, 0.3) is 0 Å². The minimum absolute atomic E-state index is 0.0316. The molecule has 0 radical (unpaired) electrons. The number of nitrogens with two attached hydrogens (primary N) is 1. The Morgan fingerprint density at radius 1 is 1.28 bits per heavy atom. The van der Waals surface area contributed by atoms with Crippen LogP contribution >= 0.6 is 0 Å². The van der Waals surface area contributed by atoms with Crippen LogP contribution in [0.4, 0.5) is 4.79 Å². The maximum absolute atomic E-state index is 12.6. The van der Waals surface area contributed by atoms with Crippen LogP contribution in [0.2, 0.25) is 0 Å². The van der Waals surface area contributed by atoms with Gasteiger partial charge < -0.3 is 20.3 Å². The molecule has 136 valence electrons. The zero-order valence-electron chi connectivity index (χ0n) is 14.8. The van der Waals surface area contributed by atoms with Gasteiger partial charge in [-0.1, -0.05) is 30.3 Å². The first kappa shape index (κ1) is 17.7. The van der Waals surface area contributed by atoms with Gasteiger partial charge in [0.25, 0.3) is 0 Å². The molecule has 2 amide bonds. The van der Waals surface area contributed by atoms with Gasteiger partial charge in [0.15, 0.2) is 0 Å². The Morgan fingerprint density at radius 2 is 2.00 bits per heavy atom. The van der Waals surface area contributed by atoms with Crippen molar-refractivity contribution < 1.29 is 14.3 Å². The zero-order valence-corrected chi connectivity index (χ0v) is 14.8. The van der Waals surface area contributed by atoms with Gasteiger partial charge in [0.05, 0.1) is 6.04 Å². The Balaban J connectivity index is 1.59. The number of benzene rings is 1. The summed E-state index contributed by atoms with van der Waals surface area (Å²) >= 11 is 0. The van der Waals surface area contributed by atoms with Crippen molar-refractivity contribution in [2.24, 2.45) is 5.73 Å². The molecule has 25 heavy (non-hydrogen) atoms. The number of nitrogens with zero attached hydrogens (tertiary/aromatic N) is 2. The average molecular weight is 345 g/mol. The third kappa shape index (κ3) is 4.51. The molecule has 1 saturated heterocycles. The van der Waals surface area contributed by atoms with Gasteiger partial charge in [-0.25, -0.2) is 4.79 Å². The Labute approximate surface area is 148 Å². The minimum atomic E-state index is -0.500. The van der Waals surface area contributed by atoms with Crippen LogP contribution in [-0.2, 0) is 16.1 Å². The van der Waals surface area contributed by atoms with Crippen molar-refractivity contribution in [3.8, 4) is 0 Å². The van der Waals surface area contributed by atoms with Crippen LogP contribution in [0.15, 0.2) is 30.3 Å². The van der Waals surface area contributed by atoms with Crippen molar-refractivity contribution in [1.29, 1.82) is 0 Å². The van der Waals surface area contributed by atoms with Crippen molar-refractivity contribution in [1.82, 2.24) is 9.80 Å². The SMILES string of the molecule is CC(N)C(=O)N1CCCC1CN(C(=O)OCc1ccccc1)C1CC1. The lowest BCUT2D eigenvalue weighted by Gasteiger charge is -2.31. The topological polar surface area (TPSA) is 75.9 Å². The monoisotopic (exact) mass is 345 g/mol. The molecule has 1 heterocycles. The summed E-state index contributed by atoms with van der Waals surface area (Å²) in [4.78, 5) is 28.5. The molecule has 6 heteroatoms. The van der Waals surface area contributed by atoms with E-state index in [1.165, 1.54) is 0 Å². The van der Waals surface area contributed by atoms with Gasteiger partial charge in [-0.3, -0.25) is 4.79 Å². The van der Waals surface area contributed by atoms with E-state index in [2.05, 4.69) is 0 Å². The average Bonchev–Trinajstić information content (AvgIpc) is 3.35. The number of hydrogen-bond acceptors (Lipinski definition) is 4. The quantitative estimate of drug-likeness (QED) is 0.857. The predicted molar refractivity (Wildman–Crippen MR) is 94.7 cm³/mol. The molecule has 6 nitrogen and oxygen atoms in total. The molecule has 2 aliphatic rings. The Bertz CT molecular complexity index is 601. The van der Waals surface area contributed by atoms with Crippen molar-refractivity contribution in [3.63, 3.8) is 0 Å². The van der Waals surface area contributed by atoms with E-state index in [0.717, 1.165) is 37.8 Å². The molecule has 1 aromatic rings. The van der Waals surface area contributed by atoms with Crippen LogP contribution < -0.4 is 5.73 Å². The van der Waals surface area contributed by atoms with Gasteiger partial charge in [-0.2, -0.15) is 0 Å². The van der Waals surface area contributed by atoms with Gasteiger partial charge >= 0.3 is 6.09 Å². The lowest BCUT2D eigenvalue weighted by atomic mass is 10.2. The number of hydrogen-bond donors (Lipinski definition) is 1. The van der Waals surface area contributed by atoms with Gasteiger partial charge in [0.1, 0.15) is 6.61 Å². The molecule has 1 aliphatic carbocycles. The minimum Gasteiger partial charge on any atom is -0.445 e. The van der Waals surface area contributed by atoms with E-state index in [4.69, 9.17) is 10.5 Å². The Kier molecular flexibility index (Phi) is 5.58. The van der Waals surface area contributed by atoms with Gasteiger partial charge in [0.2, 0.25) is 5.91 Å². The third-order valence-corrected chi connectivity index (χ3v) is 4.88. The first-order valence-corrected chi connectivity index (χ1v) is 9.09. The van der Waals surface area contributed by atoms with E-state index in [-0.39, 0.29) is 30.7 Å². The highest BCUT2D eigenvalue weighted by atomic mass is 16.6. The Morgan fingerprint density at radius 3 is 2.64 bits per heavy atom. The lowest BCUT2D eigenvalue weighted by molar-refractivity contribution is -0.133. The second-order valence-corrected chi connectivity index (χ2v) is 7.04. The molecule has 2 N–H and O–H groups in total. The van der Waals surface area contributed by atoms with Crippen molar-refractivity contribution in [2.45, 2.75) is 57.3 Å². The third-order valence-electron chi connectivity index (χ3n) is 4.88. The van der Waals surface area contributed by atoms with E-state index in [9.17, 15) is 9.59 Å². The molecule has 1 aliphatic heterocycles. The summed E-state index contributed by atoms with van der Waals surface area (Å²) in [6.45, 7) is 3.25. The Hall–Kier alpha value is -2.08. The summed E-state index contributed by atoms with van der Waals surface area (Å²) in [5, 5.41) is 0. The maximum atomic E-state index is 12.6.